The smallest absolute Gasteiger partial charge is 0.00496 e. The minimum Gasteiger partial charge on any atom is -0.0912 e. The number of rotatable bonds is 4. The van der Waals surface area contributed by atoms with E-state index in [-0.39, 0.29) is 10.8 Å². The maximum atomic E-state index is 4.50. The van der Waals surface area contributed by atoms with Gasteiger partial charge < -0.3 is 0 Å². The van der Waals surface area contributed by atoms with Gasteiger partial charge in [-0.05, 0) is 84.3 Å². The lowest BCUT2D eigenvalue weighted by Gasteiger charge is -2.45. The predicted molar refractivity (Wildman–Crippen MR) is 127 cm³/mol. The molecule has 0 heterocycles. The highest BCUT2D eigenvalue weighted by molar-refractivity contribution is 5.65. The normalized spacial score (nSPS) is 18.6. The van der Waals surface area contributed by atoms with E-state index in [1.807, 2.05) is 0 Å². The first-order valence-corrected chi connectivity index (χ1v) is 10.6. The van der Waals surface area contributed by atoms with Crippen molar-refractivity contribution in [2.45, 2.75) is 75.7 Å². The first kappa shape index (κ1) is 22.5. The molecule has 0 N–H and O–H groups in total. The van der Waals surface area contributed by atoms with Gasteiger partial charge in [-0.3, -0.25) is 0 Å². The van der Waals surface area contributed by atoms with Crippen LogP contribution >= 0.6 is 0 Å². The third kappa shape index (κ3) is 4.43. The summed E-state index contributed by atoms with van der Waals surface area (Å²) in [6, 6.07) is 4.52. The largest absolute Gasteiger partial charge is 0.0912 e. The predicted octanol–water partition coefficient (Wildman–Crippen LogP) is 8.54. The van der Waals surface area contributed by atoms with Crippen LogP contribution in [0.1, 0.15) is 77.1 Å². The second kappa shape index (κ2) is 7.90. The van der Waals surface area contributed by atoms with E-state index in [4.69, 9.17) is 0 Å². The SMILES string of the molecule is C=C(/C=C\c1c(C)cc(C)cc1C)C1=CC(C)CC(C)=C1C(C)(C)C(C)(C)C. The Morgan fingerprint density at radius 1 is 1.00 bits per heavy atom. The van der Waals surface area contributed by atoms with E-state index in [0.29, 0.717) is 5.92 Å². The van der Waals surface area contributed by atoms with Crippen LogP contribution in [0.5, 0.6) is 0 Å². The van der Waals surface area contributed by atoms with Gasteiger partial charge in [0.25, 0.3) is 0 Å². The van der Waals surface area contributed by atoms with Gasteiger partial charge in [-0.2, -0.15) is 0 Å². The average Bonchev–Trinajstić information content (AvgIpc) is 2.51. The van der Waals surface area contributed by atoms with Gasteiger partial charge in [-0.25, -0.2) is 0 Å². The number of benzene rings is 1. The molecule has 1 unspecified atom stereocenters. The maximum Gasteiger partial charge on any atom is -0.00496 e. The van der Waals surface area contributed by atoms with Crippen LogP contribution < -0.4 is 0 Å². The van der Waals surface area contributed by atoms with Crippen LogP contribution in [0.4, 0.5) is 0 Å². The minimum atomic E-state index is 0.0789. The molecule has 0 amide bonds. The van der Waals surface area contributed by atoms with E-state index in [9.17, 15) is 0 Å². The molecule has 28 heavy (non-hydrogen) atoms. The molecule has 0 saturated heterocycles. The molecular weight excluding hydrogens is 336 g/mol. The summed E-state index contributed by atoms with van der Waals surface area (Å²) < 4.78 is 0. The highest BCUT2D eigenvalue weighted by Gasteiger charge is 2.40. The first-order chi connectivity index (χ1) is 12.8. The molecule has 1 aliphatic rings. The molecule has 0 spiro atoms. The first-order valence-electron chi connectivity index (χ1n) is 10.6. The zero-order valence-corrected chi connectivity index (χ0v) is 19.9. The Balaban J connectivity index is 2.48. The molecule has 0 radical (unpaired) electrons. The Morgan fingerprint density at radius 2 is 1.54 bits per heavy atom. The fraction of sp³-hybridized carbons (Fsp3) is 0.500. The second-order valence-corrected chi connectivity index (χ2v) is 10.5. The van der Waals surface area contributed by atoms with Gasteiger partial charge in [-0.15, -0.1) is 0 Å². The molecule has 0 fully saturated rings. The molecule has 1 aromatic rings. The van der Waals surface area contributed by atoms with Gasteiger partial charge in [0.05, 0.1) is 0 Å². The van der Waals surface area contributed by atoms with Crippen LogP contribution in [0.3, 0.4) is 0 Å². The number of hydrogen-bond acceptors (Lipinski definition) is 0. The van der Waals surface area contributed by atoms with Crippen molar-refractivity contribution in [1.82, 2.24) is 0 Å². The highest BCUT2D eigenvalue weighted by Crippen LogP contribution is 2.51. The molecule has 0 heteroatoms. The van der Waals surface area contributed by atoms with Crippen molar-refractivity contribution in [3.05, 3.63) is 75.4 Å². The fourth-order valence-corrected chi connectivity index (χ4v) is 4.48. The van der Waals surface area contributed by atoms with Crippen LogP contribution in [0, 0.1) is 37.5 Å². The van der Waals surface area contributed by atoms with Crippen molar-refractivity contribution < 1.29 is 0 Å². The standard InChI is InChI=1S/C28H40/c1-18-14-21(4)24(22(5)15-18)13-12-20(3)25-17-19(2)16-23(6)26(25)28(10,11)27(7,8)9/h12-15,17,19H,3,16H2,1-2,4-11H3/b13-12-. The molecule has 1 atom stereocenters. The summed E-state index contributed by atoms with van der Waals surface area (Å²) in [5.41, 5.74) is 11.0. The van der Waals surface area contributed by atoms with Crippen molar-refractivity contribution in [3.8, 4) is 0 Å². The summed E-state index contributed by atoms with van der Waals surface area (Å²) in [6.45, 7) is 27.5. The monoisotopic (exact) mass is 376 g/mol. The molecule has 0 aliphatic heterocycles. The zero-order chi connectivity index (χ0) is 21.4. The molecule has 1 aromatic carbocycles. The molecule has 2 rings (SSSR count). The van der Waals surface area contributed by atoms with Crippen LogP contribution in [0.2, 0.25) is 0 Å². The summed E-state index contributed by atoms with van der Waals surface area (Å²) in [5, 5.41) is 0. The fourth-order valence-electron chi connectivity index (χ4n) is 4.48. The second-order valence-electron chi connectivity index (χ2n) is 10.5. The van der Waals surface area contributed by atoms with Gasteiger partial charge in [0, 0.05) is 0 Å². The molecule has 0 aromatic heterocycles. The Bertz CT molecular complexity index is 837. The number of hydrogen-bond donors (Lipinski definition) is 0. The Labute approximate surface area is 174 Å². The van der Waals surface area contributed by atoms with Crippen molar-refractivity contribution in [3.63, 3.8) is 0 Å². The number of allylic oxidation sites excluding steroid dienone is 6. The Morgan fingerprint density at radius 3 is 2.04 bits per heavy atom. The van der Waals surface area contributed by atoms with Crippen molar-refractivity contribution in [2.24, 2.45) is 16.7 Å². The summed E-state index contributed by atoms with van der Waals surface area (Å²) in [6.07, 6.45) is 8.06. The quantitative estimate of drug-likeness (QED) is 0.462. The van der Waals surface area contributed by atoms with Crippen LogP contribution in [0.25, 0.3) is 6.08 Å². The van der Waals surface area contributed by atoms with Crippen LogP contribution in [-0.4, -0.2) is 0 Å². The van der Waals surface area contributed by atoms with Gasteiger partial charge in [0.2, 0.25) is 0 Å². The average molecular weight is 377 g/mol. The van der Waals surface area contributed by atoms with E-state index >= 15 is 0 Å². The topological polar surface area (TPSA) is 0 Å². The maximum absolute atomic E-state index is 4.50. The van der Waals surface area contributed by atoms with Gasteiger partial charge in [0.1, 0.15) is 0 Å². The van der Waals surface area contributed by atoms with E-state index in [0.717, 1.165) is 12.0 Å². The zero-order valence-electron chi connectivity index (χ0n) is 19.9. The summed E-state index contributed by atoms with van der Waals surface area (Å²) in [5.74, 6) is 0.558. The van der Waals surface area contributed by atoms with Gasteiger partial charge in [0.15, 0.2) is 0 Å². The number of aryl methyl sites for hydroxylation is 3. The van der Waals surface area contributed by atoms with Crippen molar-refractivity contribution in [2.75, 3.05) is 0 Å². The molecule has 0 bridgehead atoms. The van der Waals surface area contributed by atoms with Crippen LogP contribution in [-0.2, 0) is 0 Å². The molecule has 0 nitrogen and oxygen atoms in total. The van der Waals surface area contributed by atoms with E-state index in [2.05, 4.69) is 106 Å². The van der Waals surface area contributed by atoms with E-state index in [1.165, 1.54) is 39.0 Å². The lowest BCUT2D eigenvalue weighted by Crippen LogP contribution is -2.34. The molecular formula is C28H40. The van der Waals surface area contributed by atoms with Gasteiger partial charge in [-0.1, -0.05) is 89.6 Å². The van der Waals surface area contributed by atoms with E-state index in [1.54, 1.807) is 0 Å². The Hall–Kier alpha value is -1.82. The summed E-state index contributed by atoms with van der Waals surface area (Å²) in [7, 11) is 0. The van der Waals surface area contributed by atoms with Crippen molar-refractivity contribution in [1.29, 1.82) is 0 Å². The lowest BCUT2D eigenvalue weighted by atomic mass is 9.60. The third-order valence-electron chi connectivity index (χ3n) is 6.81. The third-order valence-corrected chi connectivity index (χ3v) is 6.81. The summed E-state index contributed by atoms with van der Waals surface area (Å²) >= 11 is 0. The van der Waals surface area contributed by atoms with Gasteiger partial charge >= 0.3 is 0 Å². The van der Waals surface area contributed by atoms with E-state index < -0.39 is 0 Å². The lowest BCUT2D eigenvalue weighted by molar-refractivity contribution is 0.177. The molecule has 1 aliphatic carbocycles. The van der Waals surface area contributed by atoms with Crippen LogP contribution in [0.15, 0.2) is 53.2 Å². The molecule has 0 saturated carbocycles. The minimum absolute atomic E-state index is 0.0789. The Kier molecular flexibility index (Phi) is 6.34. The van der Waals surface area contributed by atoms with Crippen molar-refractivity contribution >= 4 is 6.08 Å². The molecule has 152 valence electrons. The summed E-state index contributed by atoms with van der Waals surface area (Å²) in [4.78, 5) is 0. The highest BCUT2D eigenvalue weighted by atomic mass is 14.4.